The van der Waals surface area contributed by atoms with Gasteiger partial charge in [0.15, 0.2) is 11.5 Å². The van der Waals surface area contributed by atoms with Gasteiger partial charge in [-0.1, -0.05) is 36.4 Å². The lowest BCUT2D eigenvalue weighted by Crippen LogP contribution is -2.52. The molecule has 0 unspecified atom stereocenters. The number of nitrogens with one attached hydrogen (secondary N) is 1. The van der Waals surface area contributed by atoms with Crippen molar-refractivity contribution >= 4 is 11.8 Å². The molecule has 2 aromatic carbocycles. The molecule has 2 aromatic rings. The number of methoxy groups -OCH3 is 1. The van der Waals surface area contributed by atoms with E-state index in [1.165, 1.54) is 0 Å². The van der Waals surface area contributed by atoms with Crippen LogP contribution in [0.1, 0.15) is 18.1 Å². The number of rotatable bonds is 6. The van der Waals surface area contributed by atoms with Crippen molar-refractivity contribution in [2.24, 2.45) is 11.3 Å². The summed E-state index contributed by atoms with van der Waals surface area (Å²) >= 11 is 0. The van der Waals surface area contributed by atoms with E-state index in [1.54, 1.807) is 12.0 Å². The molecule has 2 saturated heterocycles. The highest BCUT2D eigenvalue weighted by atomic mass is 16.7. The second-order valence-electron chi connectivity index (χ2n) is 9.39. The zero-order chi connectivity index (χ0) is 23.5. The molecule has 0 aliphatic carbocycles. The summed E-state index contributed by atoms with van der Waals surface area (Å²) in [5, 5.41) is 3.01. The molecule has 0 aromatic heterocycles. The van der Waals surface area contributed by atoms with Gasteiger partial charge in [-0.15, -0.1) is 0 Å². The summed E-state index contributed by atoms with van der Waals surface area (Å²) in [4.78, 5) is 29.0. The molecule has 1 spiro atoms. The quantitative estimate of drug-likeness (QED) is 0.664. The summed E-state index contributed by atoms with van der Waals surface area (Å²) in [5.41, 5.74) is 0.0267. The van der Waals surface area contributed by atoms with Crippen LogP contribution in [-0.2, 0) is 27.4 Å². The molecule has 0 radical (unpaired) electrons. The Bertz CT molecular complexity index is 1210. The summed E-state index contributed by atoms with van der Waals surface area (Å²) in [7, 11) is 1.60. The normalized spacial score (nSPS) is 30.1. The predicted molar refractivity (Wildman–Crippen MR) is 121 cm³/mol. The van der Waals surface area contributed by atoms with Crippen molar-refractivity contribution in [1.82, 2.24) is 10.2 Å². The van der Waals surface area contributed by atoms with Gasteiger partial charge in [0.1, 0.15) is 11.4 Å². The summed E-state index contributed by atoms with van der Waals surface area (Å²) in [6.45, 7) is 3.19. The number of likely N-dealkylation sites (tertiary alicyclic amines) is 1. The van der Waals surface area contributed by atoms with E-state index in [4.69, 9.17) is 18.9 Å². The van der Waals surface area contributed by atoms with Crippen LogP contribution in [-0.4, -0.2) is 48.9 Å². The Kier molecular flexibility index (Phi) is 4.64. The van der Waals surface area contributed by atoms with E-state index < -0.39 is 23.0 Å². The number of hydrogen-bond acceptors (Lipinski definition) is 6. The lowest BCUT2D eigenvalue weighted by atomic mass is 9.64. The molecule has 4 aliphatic heterocycles. The number of benzene rings is 2. The van der Waals surface area contributed by atoms with Gasteiger partial charge in [0, 0.05) is 18.7 Å². The van der Waals surface area contributed by atoms with Crippen molar-refractivity contribution in [2.75, 3.05) is 20.4 Å². The minimum atomic E-state index is -0.979. The van der Waals surface area contributed by atoms with Gasteiger partial charge < -0.3 is 29.2 Å². The highest BCUT2D eigenvalue weighted by molar-refractivity contribution is 5.96. The number of para-hydroxylation sites is 1. The Morgan fingerprint density at radius 2 is 2.03 bits per heavy atom. The Morgan fingerprint density at radius 1 is 1.21 bits per heavy atom. The minimum Gasteiger partial charge on any atom is -0.496 e. The van der Waals surface area contributed by atoms with E-state index in [2.05, 4.69) is 5.32 Å². The summed E-state index contributed by atoms with van der Waals surface area (Å²) in [5.74, 6) is 1.22. The highest BCUT2D eigenvalue weighted by Gasteiger charge is 2.74. The average molecular weight is 463 g/mol. The van der Waals surface area contributed by atoms with Crippen molar-refractivity contribution in [1.29, 1.82) is 0 Å². The molecule has 1 N–H and O–H groups in total. The molecule has 2 amide bonds. The average Bonchev–Trinajstić information content (AvgIpc) is 3.58. The fourth-order valence-corrected chi connectivity index (χ4v) is 5.83. The van der Waals surface area contributed by atoms with E-state index in [-0.39, 0.29) is 18.6 Å². The van der Waals surface area contributed by atoms with Crippen molar-refractivity contribution < 1.29 is 28.5 Å². The number of amides is 2. The molecule has 4 atom stereocenters. The number of fused-ring (bicyclic) bond motifs is 2. The van der Waals surface area contributed by atoms with Gasteiger partial charge in [0.05, 0.1) is 31.1 Å². The number of hydrogen-bond donors (Lipinski definition) is 1. The van der Waals surface area contributed by atoms with Crippen LogP contribution < -0.4 is 19.5 Å². The second-order valence-corrected chi connectivity index (χ2v) is 9.39. The zero-order valence-electron chi connectivity index (χ0n) is 19.1. The first-order chi connectivity index (χ1) is 16.4. The molecule has 6 rings (SSSR count). The molecule has 176 valence electrons. The molecule has 34 heavy (non-hydrogen) atoms. The third kappa shape index (κ3) is 2.88. The summed E-state index contributed by atoms with van der Waals surface area (Å²) in [6.07, 6.45) is 3.48. The van der Waals surface area contributed by atoms with E-state index >= 15 is 0 Å². The van der Waals surface area contributed by atoms with Crippen LogP contribution in [0, 0.1) is 11.3 Å². The van der Waals surface area contributed by atoms with Crippen LogP contribution in [0.3, 0.4) is 0 Å². The Morgan fingerprint density at radius 3 is 2.88 bits per heavy atom. The first kappa shape index (κ1) is 21.0. The largest absolute Gasteiger partial charge is 0.496 e. The molecule has 8 heteroatoms. The maximum Gasteiger partial charge on any atom is 0.233 e. The first-order valence-corrected chi connectivity index (χ1v) is 11.4. The van der Waals surface area contributed by atoms with Crippen LogP contribution in [0.2, 0.25) is 0 Å². The molecule has 2 bridgehead atoms. The Hall–Kier alpha value is -3.52. The molecule has 0 saturated carbocycles. The summed E-state index contributed by atoms with van der Waals surface area (Å²) in [6, 6.07) is 13.2. The molecular formula is C26H26N2O6. The topological polar surface area (TPSA) is 86.3 Å². The van der Waals surface area contributed by atoms with Crippen molar-refractivity contribution in [2.45, 2.75) is 31.7 Å². The third-order valence-electron chi connectivity index (χ3n) is 7.63. The molecule has 2 fully saturated rings. The van der Waals surface area contributed by atoms with Gasteiger partial charge in [0.2, 0.25) is 18.6 Å². The van der Waals surface area contributed by atoms with Crippen molar-refractivity contribution in [3.05, 3.63) is 65.7 Å². The second kappa shape index (κ2) is 7.50. The fourth-order valence-electron chi connectivity index (χ4n) is 5.83. The molecular weight excluding hydrogens is 436 g/mol. The predicted octanol–water partition coefficient (Wildman–Crippen LogP) is 2.41. The van der Waals surface area contributed by atoms with Gasteiger partial charge >= 0.3 is 0 Å². The van der Waals surface area contributed by atoms with E-state index in [1.807, 2.05) is 61.5 Å². The van der Waals surface area contributed by atoms with Gasteiger partial charge in [-0.25, -0.2) is 0 Å². The summed E-state index contributed by atoms with van der Waals surface area (Å²) < 4.78 is 22.6. The highest BCUT2D eigenvalue weighted by Crippen LogP contribution is 2.60. The van der Waals surface area contributed by atoms with E-state index in [0.29, 0.717) is 36.9 Å². The minimum absolute atomic E-state index is 0.0746. The maximum atomic E-state index is 13.8. The Labute approximate surface area is 197 Å². The van der Waals surface area contributed by atoms with Gasteiger partial charge in [-0.3, -0.25) is 9.59 Å². The Balaban J connectivity index is 1.23. The monoisotopic (exact) mass is 462 g/mol. The molecule has 4 aliphatic rings. The number of carbonyl (C=O) groups excluding carboxylic acids is 2. The van der Waals surface area contributed by atoms with Crippen LogP contribution in [0.15, 0.2) is 54.6 Å². The smallest absolute Gasteiger partial charge is 0.233 e. The van der Waals surface area contributed by atoms with E-state index in [0.717, 1.165) is 11.1 Å². The lowest BCUT2D eigenvalue weighted by molar-refractivity contribution is -0.143. The lowest BCUT2D eigenvalue weighted by Gasteiger charge is -2.34. The van der Waals surface area contributed by atoms with E-state index in [9.17, 15) is 9.59 Å². The first-order valence-electron chi connectivity index (χ1n) is 11.4. The number of carbonyl (C=O) groups is 2. The fraction of sp³-hybridized carbons (Fsp3) is 0.385. The van der Waals surface area contributed by atoms with Crippen LogP contribution >= 0.6 is 0 Å². The van der Waals surface area contributed by atoms with Gasteiger partial charge in [-0.05, 0) is 30.7 Å². The van der Waals surface area contributed by atoms with Gasteiger partial charge in [0.25, 0.3) is 0 Å². The molecule has 8 nitrogen and oxygen atoms in total. The standard InChI is InChI=1S/C26H26N2O6/c1-25-22(23(29)27-12-17-5-3-4-6-18(17)31-2)20-9-10-26(25,34-20)14-28(24(25)30)13-16-7-8-19-21(11-16)33-15-32-19/h3-11,20,22H,12-15H2,1-2H3,(H,27,29)/t20-,22-,25-,26+/m1/s1. The van der Waals surface area contributed by atoms with Crippen LogP contribution in [0.4, 0.5) is 0 Å². The molecule has 4 heterocycles. The maximum absolute atomic E-state index is 13.8. The van der Waals surface area contributed by atoms with Gasteiger partial charge in [-0.2, -0.15) is 0 Å². The van der Waals surface area contributed by atoms with Crippen LogP contribution in [0.25, 0.3) is 0 Å². The number of nitrogens with zero attached hydrogens (tertiary/aromatic N) is 1. The SMILES string of the molecule is COc1ccccc1CNC(=O)[C@H]1[C@H]2C=C[C@@]3(CN(Cc4ccc5c(c4)OCO5)C(=O)[C@@]13C)O2. The van der Waals surface area contributed by atoms with Crippen molar-refractivity contribution in [3.8, 4) is 17.2 Å². The number of ether oxygens (including phenoxy) is 4. The van der Waals surface area contributed by atoms with Crippen molar-refractivity contribution in [3.63, 3.8) is 0 Å². The van der Waals surface area contributed by atoms with Crippen LogP contribution in [0.5, 0.6) is 17.2 Å². The third-order valence-corrected chi connectivity index (χ3v) is 7.63. The zero-order valence-corrected chi connectivity index (χ0v) is 19.1.